The summed E-state index contributed by atoms with van der Waals surface area (Å²) < 4.78 is 30.7. The van der Waals surface area contributed by atoms with E-state index >= 15 is 0 Å². The van der Waals surface area contributed by atoms with Crippen LogP contribution in [0.25, 0.3) is 0 Å². The second kappa shape index (κ2) is 8.80. The maximum absolute atomic E-state index is 12.4. The van der Waals surface area contributed by atoms with Gasteiger partial charge < -0.3 is 4.74 Å². The third-order valence-electron chi connectivity index (χ3n) is 5.00. The molecule has 0 bridgehead atoms. The topological polar surface area (TPSA) is 15.7 Å². The average Bonchev–Trinajstić information content (AvgIpc) is 2.94. The van der Waals surface area contributed by atoms with E-state index in [2.05, 4.69) is 23.6 Å². The van der Waals surface area contributed by atoms with Crippen molar-refractivity contribution in [3.8, 4) is 0 Å². The maximum atomic E-state index is 12.4. The molecule has 0 aromatic heterocycles. The maximum Gasteiger partial charge on any atom is 0.288 e. The Hall–Kier alpha value is -0.690. The van der Waals surface area contributed by atoms with E-state index in [0.29, 0.717) is 34.9 Å². The highest BCUT2D eigenvalue weighted by molar-refractivity contribution is 7.99. The number of rotatable bonds is 6. The molecular formula is C19H28F2N2OS. The first-order valence-electron chi connectivity index (χ1n) is 9.15. The number of alkyl halides is 2. The van der Waals surface area contributed by atoms with Crippen LogP contribution in [0.3, 0.4) is 0 Å². The predicted octanol–water partition coefficient (Wildman–Crippen LogP) is 4.07. The molecular weight excluding hydrogens is 342 g/mol. The minimum absolute atomic E-state index is 0.304. The fourth-order valence-corrected chi connectivity index (χ4v) is 4.55. The molecule has 1 aromatic rings. The van der Waals surface area contributed by atoms with Gasteiger partial charge in [0.25, 0.3) is 5.76 Å². The molecule has 0 saturated carbocycles. The van der Waals surface area contributed by atoms with Crippen molar-refractivity contribution in [2.45, 2.75) is 62.1 Å². The summed E-state index contributed by atoms with van der Waals surface area (Å²) in [5.41, 5.74) is 1.20. The molecule has 6 heteroatoms. The van der Waals surface area contributed by atoms with E-state index < -0.39 is 5.76 Å². The Kier molecular flexibility index (Phi) is 6.72. The minimum Gasteiger partial charge on any atom is -0.373 e. The number of halogens is 2. The normalized spacial score (nSPS) is 28.8. The molecule has 3 unspecified atom stereocenters. The molecule has 2 aliphatic rings. The minimum atomic E-state index is -2.35. The second-order valence-electron chi connectivity index (χ2n) is 7.26. The van der Waals surface area contributed by atoms with Crippen LogP contribution in [0, 0.1) is 0 Å². The van der Waals surface area contributed by atoms with Crippen LogP contribution in [-0.4, -0.2) is 60.0 Å². The third-order valence-corrected chi connectivity index (χ3v) is 5.72. The third kappa shape index (κ3) is 5.64. The Morgan fingerprint density at radius 2 is 1.84 bits per heavy atom. The SMILES string of the molecule is CC1CN(CC2CCCN2Cc2ccc(SC(F)F)cc2)CC(C)O1. The van der Waals surface area contributed by atoms with Gasteiger partial charge in [0.1, 0.15) is 0 Å². The van der Waals surface area contributed by atoms with Crippen LogP contribution in [-0.2, 0) is 11.3 Å². The molecule has 1 aromatic carbocycles. The average molecular weight is 371 g/mol. The van der Waals surface area contributed by atoms with Gasteiger partial charge in [-0.05, 0) is 50.9 Å². The van der Waals surface area contributed by atoms with Crippen molar-refractivity contribution in [2.24, 2.45) is 0 Å². The number of ether oxygens (including phenoxy) is 1. The lowest BCUT2D eigenvalue weighted by molar-refractivity contribution is -0.0724. The largest absolute Gasteiger partial charge is 0.373 e. The number of likely N-dealkylation sites (tertiary alicyclic amines) is 1. The molecule has 0 aliphatic carbocycles. The van der Waals surface area contributed by atoms with Gasteiger partial charge in [0.15, 0.2) is 0 Å². The fourth-order valence-electron chi connectivity index (χ4n) is 4.05. The summed E-state index contributed by atoms with van der Waals surface area (Å²) in [4.78, 5) is 5.71. The predicted molar refractivity (Wildman–Crippen MR) is 98.2 cm³/mol. The number of hydrogen-bond acceptors (Lipinski definition) is 4. The Bertz CT molecular complexity index is 533. The summed E-state index contributed by atoms with van der Waals surface area (Å²) in [7, 11) is 0. The summed E-state index contributed by atoms with van der Waals surface area (Å²) in [6.45, 7) is 9.43. The molecule has 0 spiro atoms. The Labute approximate surface area is 153 Å². The zero-order chi connectivity index (χ0) is 17.8. The van der Waals surface area contributed by atoms with Gasteiger partial charge in [-0.15, -0.1) is 0 Å². The summed E-state index contributed by atoms with van der Waals surface area (Å²) in [6, 6.07) is 8.16. The molecule has 0 N–H and O–H groups in total. The van der Waals surface area contributed by atoms with E-state index in [1.54, 1.807) is 0 Å². The number of benzene rings is 1. The molecule has 0 amide bonds. The van der Waals surface area contributed by atoms with Crippen molar-refractivity contribution in [1.82, 2.24) is 9.80 Å². The van der Waals surface area contributed by atoms with Gasteiger partial charge in [0.05, 0.1) is 12.2 Å². The van der Waals surface area contributed by atoms with Crippen molar-refractivity contribution in [3.05, 3.63) is 29.8 Å². The van der Waals surface area contributed by atoms with Gasteiger partial charge in [0.2, 0.25) is 0 Å². The Morgan fingerprint density at radius 3 is 2.48 bits per heavy atom. The molecule has 3 nitrogen and oxygen atoms in total. The lowest BCUT2D eigenvalue weighted by Crippen LogP contribution is -2.50. The zero-order valence-electron chi connectivity index (χ0n) is 15.0. The van der Waals surface area contributed by atoms with E-state index in [9.17, 15) is 8.78 Å². The van der Waals surface area contributed by atoms with Crippen molar-refractivity contribution < 1.29 is 13.5 Å². The molecule has 3 atom stereocenters. The van der Waals surface area contributed by atoms with E-state index in [0.717, 1.165) is 32.7 Å². The number of thioether (sulfide) groups is 1. The number of hydrogen-bond donors (Lipinski definition) is 0. The number of nitrogens with zero attached hydrogens (tertiary/aromatic N) is 2. The van der Waals surface area contributed by atoms with E-state index in [1.165, 1.54) is 18.4 Å². The molecule has 2 fully saturated rings. The van der Waals surface area contributed by atoms with Crippen molar-refractivity contribution >= 4 is 11.8 Å². The van der Waals surface area contributed by atoms with Crippen LogP contribution < -0.4 is 0 Å². The molecule has 140 valence electrons. The van der Waals surface area contributed by atoms with Crippen LogP contribution in [0.1, 0.15) is 32.3 Å². The molecule has 25 heavy (non-hydrogen) atoms. The standard InChI is InChI=1S/C19H28F2N2OS/c1-14-10-22(11-15(2)24-14)13-17-4-3-9-23(17)12-16-5-7-18(8-6-16)25-19(20)21/h5-8,14-15,17,19H,3-4,9-13H2,1-2H3. The first-order chi connectivity index (χ1) is 12.0. The highest BCUT2D eigenvalue weighted by Crippen LogP contribution is 2.27. The molecule has 2 aliphatic heterocycles. The Morgan fingerprint density at radius 1 is 1.16 bits per heavy atom. The van der Waals surface area contributed by atoms with Gasteiger partial charge in [-0.2, -0.15) is 8.78 Å². The van der Waals surface area contributed by atoms with E-state index in [1.807, 2.05) is 24.3 Å². The lowest BCUT2D eigenvalue weighted by Gasteiger charge is -2.38. The number of morpholine rings is 1. The van der Waals surface area contributed by atoms with Crippen LogP contribution in [0.15, 0.2) is 29.2 Å². The van der Waals surface area contributed by atoms with Gasteiger partial charge in [-0.1, -0.05) is 23.9 Å². The first kappa shape index (κ1) is 19.1. The van der Waals surface area contributed by atoms with Gasteiger partial charge in [-0.3, -0.25) is 9.80 Å². The van der Waals surface area contributed by atoms with Gasteiger partial charge >= 0.3 is 0 Å². The van der Waals surface area contributed by atoms with Crippen LogP contribution in [0.5, 0.6) is 0 Å². The van der Waals surface area contributed by atoms with Crippen molar-refractivity contribution in [1.29, 1.82) is 0 Å². The van der Waals surface area contributed by atoms with Crippen LogP contribution >= 0.6 is 11.8 Å². The molecule has 0 radical (unpaired) electrons. The molecule has 2 saturated heterocycles. The summed E-state index contributed by atoms with van der Waals surface area (Å²) >= 11 is 0.609. The summed E-state index contributed by atoms with van der Waals surface area (Å²) in [5.74, 6) is -2.35. The highest BCUT2D eigenvalue weighted by Gasteiger charge is 2.29. The van der Waals surface area contributed by atoms with Crippen molar-refractivity contribution in [3.63, 3.8) is 0 Å². The summed E-state index contributed by atoms with van der Waals surface area (Å²) in [5, 5.41) is 0. The van der Waals surface area contributed by atoms with Crippen molar-refractivity contribution in [2.75, 3.05) is 26.2 Å². The van der Waals surface area contributed by atoms with Gasteiger partial charge in [-0.25, -0.2) is 0 Å². The Balaban J connectivity index is 1.54. The van der Waals surface area contributed by atoms with Crippen LogP contribution in [0.2, 0.25) is 0 Å². The second-order valence-corrected chi connectivity index (χ2v) is 8.33. The highest BCUT2D eigenvalue weighted by atomic mass is 32.2. The van der Waals surface area contributed by atoms with E-state index in [4.69, 9.17) is 4.74 Å². The lowest BCUT2D eigenvalue weighted by atomic mass is 10.1. The molecule has 3 rings (SSSR count). The first-order valence-corrected chi connectivity index (χ1v) is 10.0. The zero-order valence-corrected chi connectivity index (χ0v) is 15.9. The van der Waals surface area contributed by atoms with Gasteiger partial charge in [0, 0.05) is 37.1 Å². The van der Waals surface area contributed by atoms with Crippen LogP contribution in [0.4, 0.5) is 8.78 Å². The van der Waals surface area contributed by atoms with E-state index in [-0.39, 0.29) is 0 Å². The smallest absolute Gasteiger partial charge is 0.288 e. The monoisotopic (exact) mass is 370 g/mol. The summed E-state index contributed by atoms with van der Waals surface area (Å²) in [6.07, 6.45) is 3.08. The fraction of sp³-hybridized carbons (Fsp3) is 0.684. The molecule has 2 heterocycles. The quantitative estimate of drug-likeness (QED) is 0.701.